The molecule has 3 nitrogen and oxygen atoms in total. The zero-order valence-corrected chi connectivity index (χ0v) is 11.2. The molecule has 0 amide bonds. The zero-order valence-electron chi connectivity index (χ0n) is 9.58. The van der Waals surface area contributed by atoms with Gasteiger partial charge in [0.25, 0.3) is 0 Å². The molecular formula is C12H9BrF3N3. The van der Waals surface area contributed by atoms with Crippen LogP contribution in [0.1, 0.15) is 11.3 Å². The van der Waals surface area contributed by atoms with E-state index in [4.69, 9.17) is 5.73 Å². The minimum absolute atomic E-state index is 0.0165. The highest BCUT2D eigenvalue weighted by Crippen LogP contribution is 2.37. The van der Waals surface area contributed by atoms with Crippen molar-refractivity contribution in [1.29, 1.82) is 0 Å². The third-order valence-electron chi connectivity index (χ3n) is 2.45. The summed E-state index contributed by atoms with van der Waals surface area (Å²) < 4.78 is 39.3. The van der Waals surface area contributed by atoms with E-state index in [-0.39, 0.29) is 17.9 Å². The fourth-order valence-electron chi connectivity index (χ4n) is 1.59. The van der Waals surface area contributed by atoms with E-state index in [0.29, 0.717) is 10.2 Å². The number of nitrogens with zero attached hydrogens (tertiary/aromatic N) is 2. The molecule has 0 radical (unpaired) electrons. The number of benzene rings is 1. The lowest BCUT2D eigenvalue weighted by atomic mass is 10.1. The van der Waals surface area contributed by atoms with Crippen LogP contribution >= 0.6 is 15.9 Å². The molecule has 1 aromatic carbocycles. The van der Waals surface area contributed by atoms with E-state index in [1.54, 1.807) is 6.07 Å². The molecule has 0 aliphatic carbocycles. The Bertz CT molecular complexity index is 599. The maximum absolute atomic E-state index is 13.0. The van der Waals surface area contributed by atoms with E-state index in [1.807, 2.05) is 0 Å². The predicted molar refractivity (Wildman–Crippen MR) is 68.1 cm³/mol. The van der Waals surface area contributed by atoms with Crippen molar-refractivity contribution in [1.82, 2.24) is 9.97 Å². The van der Waals surface area contributed by atoms with E-state index in [2.05, 4.69) is 25.9 Å². The van der Waals surface area contributed by atoms with Gasteiger partial charge >= 0.3 is 6.18 Å². The lowest BCUT2D eigenvalue weighted by Gasteiger charge is -2.12. The summed E-state index contributed by atoms with van der Waals surface area (Å²) in [5.74, 6) is 0.0165. The van der Waals surface area contributed by atoms with E-state index in [9.17, 15) is 13.2 Å². The first-order chi connectivity index (χ1) is 8.91. The van der Waals surface area contributed by atoms with Crippen LogP contribution in [0.4, 0.5) is 13.2 Å². The van der Waals surface area contributed by atoms with Gasteiger partial charge in [-0.2, -0.15) is 13.2 Å². The molecule has 0 saturated carbocycles. The summed E-state index contributed by atoms with van der Waals surface area (Å²) in [7, 11) is 0. The van der Waals surface area contributed by atoms with Gasteiger partial charge in [-0.05, 0) is 24.3 Å². The van der Waals surface area contributed by atoms with Crippen molar-refractivity contribution in [2.75, 3.05) is 0 Å². The number of halogens is 4. The van der Waals surface area contributed by atoms with Gasteiger partial charge in [0.15, 0.2) is 5.82 Å². The predicted octanol–water partition coefficient (Wildman–Crippen LogP) is 3.38. The van der Waals surface area contributed by atoms with Crippen LogP contribution in [0.25, 0.3) is 11.4 Å². The molecule has 7 heteroatoms. The highest BCUT2D eigenvalue weighted by molar-refractivity contribution is 9.10. The number of hydrogen-bond acceptors (Lipinski definition) is 3. The van der Waals surface area contributed by atoms with Crippen molar-refractivity contribution in [2.45, 2.75) is 12.7 Å². The van der Waals surface area contributed by atoms with Crippen molar-refractivity contribution in [2.24, 2.45) is 5.73 Å². The van der Waals surface area contributed by atoms with Gasteiger partial charge in [0.2, 0.25) is 0 Å². The molecule has 0 aliphatic rings. The minimum Gasteiger partial charge on any atom is -0.325 e. The summed E-state index contributed by atoms with van der Waals surface area (Å²) in [6.45, 7) is 0.146. The van der Waals surface area contributed by atoms with Gasteiger partial charge in [-0.1, -0.05) is 15.9 Å². The Labute approximate surface area is 115 Å². The molecule has 0 unspecified atom stereocenters. The van der Waals surface area contributed by atoms with Crippen molar-refractivity contribution in [3.8, 4) is 11.4 Å². The molecule has 100 valence electrons. The average molecular weight is 332 g/mol. The van der Waals surface area contributed by atoms with Crippen LogP contribution in [-0.2, 0) is 12.7 Å². The molecule has 19 heavy (non-hydrogen) atoms. The van der Waals surface area contributed by atoms with Crippen LogP contribution in [-0.4, -0.2) is 9.97 Å². The van der Waals surface area contributed by atoms with Crippen LogP contribution in [0.5, 0.6) is 0 Å². The van der Waals surface area contributed by atoms with Gasteiger partial charge in [0.05, 0.1) is 11.3 Å². The molecule has 0 fully saturated rings. The smallest absolute Gasteiger partial charge is 0.325 e. The number of aromatic nitrogens is 2. The minimum atomic E-state index is -4.47. The first-order valence-corrected chi connectivity index (χ1v) is 6.10. The molecular weight excluding hydrogens is 323 g/mol. The lowest BCUT2D eigenvalue weighted by Crippen LogP contribution is -2.09. The fourth-order valence-corrected chi connectivity index (χ4v) is 1.95. The summed E-state index contributed by atoms with van der Waals surface area (Å²) in [6, 6.07) is 5.43. The SMILES string of the molecule is NCc1ccnc(-c2ccc(Br)cc2C(F)(F)F)n1. The van der Waals surface area contributed by atoms with Crippen LogP contribution in [0, 0.1) is 0 Å². The molecule has 2 rings (SSSR count). The lowest BCUT2D eigenvalue weighted by molar-refractivity contribution is -0.137. The molecule has 0 bridgehead atoms. The molecule has 0 atom stereocenters. The second kappa shape index (κ2) is 5.26. The Balaban J connectivity index is 2.61. The molecule has 2 aromatic rings. The molecule has 1 aromatic heterocycles. The van der Waals surface area contributed by atoms with Gasteiger partial charge in [-0.15, -0.1) is 0 Å². The van der Waals surface area contributed by atoms with Crippen LogP contribution in [0.3, 0.4) is 0 Å². The van der Waals surface area contributed by atoms with Crippen molar-refractivity contribution < 1.29 is 13.2 Å². The van der Waals surface area contributed by atoms with Gasteiger partial charge < -0.3 is 5.73 Å². The third kappa shape index (κ3) is 3.10. The second-order valence-electron chi connectivity index (χ2n) is 3.76. The largest absolute Gasteiger partial charge is 0.417 e. The van der Waals surface area contributed by atoms with E-state index in [0.717, 1.165) is 6.07 Å². The number of rotatable bonds is 2. The maximum Gasteiger partial charge on any atom is 0.417 e. The molecule has 0 aliphatic heterocycles. The molecule has 1 heterocycles. The van der Waals surface area contributed by atoms with E-state index < -0.39 is 11.7 Å². The molecule has 0 saturated heterocycles. The third-order valence-corrected chi connectivity index (χ3v) is 2.94. The molecule has 2 N–H and O–H groups in total. The molecule has 0 spiro atoms. The summed E-state index contributed by atoms with van der Waals surface area (Å²) in [5, 5.41) is 0. The van der Waals surface area contributed by atoms with E-state index >= 15 is 0 Å². The second-order valence-corrected chi connectivity index (χ2v) is 4.68. The van der Waals surface area contributed by atoms with Gasteiger partial charge in [-0.25, -0.2) is 9.97 Å². The monoisotopic (exact) mass is 331 g/mol. The average Bonchev–Trinajstić information content (AvgIpc) is 2.37. The topological polar surface area (TPSA) is 51.8 Å². The van der Waals surface area contributed by atoms with Crippen molar-refractivity contribution >= 4 is 15.9 Å². The Morgan fingerprint density at radius 2 is 1.95 bits per heavy atom. The Morgan fingerprint density at radius 3 is 2.58 bits per heavy atom. The zero-order chi connectivity index (χ0) is 14.0. The summed E-state index contributed by atoms with van der Waals surface area (Å²) in [5.41, 5.74) is 5.07. The van der Waals surface area contributed by atoms with Crippen LogP contribution in [0.2, 0.25) is 0 Å². The van der Waals surface area contributed by atoms with Crippen LogP contribution < -0.4 is 5.73 Å². The number of alkyl halides is 3. The number of nitrogens with two attached hydrogens (primary N) is 1. The highest BCUT2D eigenvalue weighted by Gasteiger charge is 2.34. The quantitative estimate of drug-likeness (QED) is 0.917. The highest BCUT2D eigenvalue weighted by atomic mass is 79.9. The normalized spacial score (nSPS) is 11.6. The Hall–Kier alpha value is -1.47. The summed E-state index contributed by atoms with van der Waals surface area (Å²) in [4.78, 5) is 7.89. The first kappa shape index (κ1) is 14.0. The summed E-state index contributed by atoms with van der Waals surface area (Å²) >= 11 is 3.03. The standard InChI is InChI=1S/C12H9BrF3N3/c13-7-1-2-9(10(5-7)12(14,15)16)11-18-4-3-8(6-17)19-11/h1-5H,6,17H2. The Morgan fingerprint density at radius 1 is 1.21 bits per heavy atom. The maximum atomic E-state index is 13.0. The Kier molecular flexibility index (Phi) is 3.86. The van der Waals surface area contributed by atoms with Gasteiger partial charge in [0.1, 0.15) is 0 Å². The van der Waals surface area contributed by atoms with Crippen molar-refractivity contribution in [3.05, 3.63) is 46.2 Å². The first-order valence-electron chi connectivity index (χ1n) is 5.31. The fraction of sp³-hybridized carbons (Fsp3) is 0.167. The van der Waals surface area contributed by atoms with Crippen LogP contribution in [0.15, 0.2) is 34.9 Å². The summed E-state index contributed by atoms with van der Waals surface area (Å²) in [6.07, 6.45) is -3.08. The van der Waals surface area contributed by atoms with E-state index in [1.165, 1.54) is 18.3 Å². The van der Waals surface area contributed by atoms with Crippen molar-refractivity contribution in [3.63, 3.8) is 0 Å². The number of hydrogen-bond donors (Lipinski definition) is 1. The van der Waals surface area contributed by atoms with Gasteiger partial charge in [0, 0.05) is 22.8 Å². The van der Waals surface area contributed by atoms with Gasteiger partial charge in [-0.3, -0.25) is 0 Å².